The first-order valence-electron chi connectivity index (χ1n) is 4.35. The SMILES string of the molecule is COc1ncc([B-](F)(F)F)cc1NS(C)(=O)=O. The third kappa shape index (κ3) is 3.81. The molecule has 0 saturated heterocycles. The van der Waals surface area contributed by atoms with E-state index >= 15 is 0 Å². The van der Waals surface area contributed by atoms with Crippen LogP contribution in [0.25, 0.3) is 0 Å². The van der Waals surface area contributed by atoms with Gasteiger partial charge in [-0.25, -0.2) is 13.4 Å². The first-order chi connectivity index (χ1) is 7.63. The van der Waals surface area contributed by atoms with Gasteiger partial charge < -0.3 is 17.7 Å². The number of ether oxygens (including phenoxy) is 1. The van der Waals surface area contributed by atoms with Crippen LogP contribution in [-0.2, 0) is 10.0 Å². The van der Waals surface area contributed by atoms with Crippen molar-refractivity contribution in [3.05, 3.63) is 12.3 Å². The summed E-state index contributed by atoms with van der Waals surface area (Å²) in [6, 6.07) is 0.646. The predicted molar refractivity (Wildman–Crippen MR) is 58.0 cm³/mol. The fourth-order valence-corrected chi connectivity index (χ4v) is 1.63. The van der Waals surface area contributed by atoms with Gasteiger partial charge in [-0.3, -0.25) is 4.72 Å². The monoisotopic (exact) mass is 269 g/mol. The van der Waals surface area contributed by atoms with E-state index in [1.165, 1.54) is 7.11 Å². The number of pyridine rings is 1. The third-order valence-electron chi connectivity index (χ3n) is 1.74. The van der Waals surface area contributed by atoms with Crippen LogP contribution in [-0.4, -0.2) is 33.7 Å². The number of sulfonamides is 1. The van der Waals surface area contributed by atoms with Crippen LogP contribution >= 0.6 is 0 Å². The van der Waals surface area contributed by atoms with Gasteiger partial charge in [0.15, 0.2) is 0 Å². The van der Waals surface area contributed by atoms with Crippen molar-refractivity contribution in [3.63, 3.8) is 0 Å². The summed E-state index contributed by atoms with van der Waals surface area (Å²) in [5, 5.41) is 0. The second-order valence-electron chi connectivity index (χ2n) is 3.27. The summed E-state index contributed by atoms with van der Waals surface area (Å²) < 4.78 is 65.8. The maximum atomic E-state index is 12.4. The summed E-state index contributed by atoms with van der Waals surface area (Å²) in [7, 11) is -2.53. The lowest BCUT2D eigenvalue weighted by molar-refractivity contribution is 0.400. The van der Waals surface area contributed by atoms with Gasteiger partial charge in [0.2, 0.25) is 15.9 Å². The van der Waals surface area contributed by atoms with Gasteiger partial charge in [-0.1, -0.05) is 11.5 Å². The molecular weight excluding hydrogens is 260 g/mol. The Labute approximate surface area is 96.1 Å². The molecule has 96 valence electrons. The Morgan fingerprint density at radius 2 is 2.00 bits per heavy atom. The zero-order chi connectivity index (χ0) is 13.3. The number of aromatic nitrogens is 1. The highest BCUT2D eigenvalue weighted by Crippen LogP contribution is 2.22. The summed E-state index contributed by atoms with van der Waals surface area (Å²) in [6.07, 6.45) is 1.41. The fourth-order valence-electron chi connectivity index (χ4n) is 1.08. The van der Waals surface area contributed by atoms with E-state index in [9.17, 15) is 21.4 Å². The molecule has 1 heterocycles. The molecule has 0 bridgehead atoms. The van der Waals surface area contributed by atoms with E-state index in [0.29, 0.717) is 12.3 Å². The smallest absolute Gasteiger partial charge is 0.480 e. The van der Waals surface area contributed by atoms with Crippen LogP contribution in [0.1, 0.15) is 0 Å². The molecule has 10 heteroatoms. The summed E-state index contributed by atoms with van der Waals surface area (Å²) in [6.45, 7) is -5.25. The molecule has 0 unspecified atom stereocenters. The molecule has 0 aliphatic heterocycles. The molecule has 5 nitrogen and oxygen atoms in total. The van der Waals surface area contributed by atoms with Crippen LogP contribution in [0.2, 0.25) is 0 Å². The summed E-state index contributed by atoms with van der Waals surface area (Å²) in [5.41, 5.74) is -1.34. The third-order valence-corrected chi connectivity index (χ3v) is 2.33. The van der Waals surface area contributed by atoms with Crippen molar-refractivity contribution in [2.24, 2.45) is 0 Å². The average molecular weight is 269 g/mol. The van der Waals surface area contributed by atoms with Crippen molar-refractivity contribution in [2.45, 2.75) is 0 Å². The molecule has 17 heavy (non-hydrogen) atoms. The predicted octanol–water partition coefficient (Wildman–Crippen LogP) is 0.516. The molecule has 0 radical (unpaired) electrons. The average Bonchev–Trinajstić information content (AvgIpc) is 2.13. The van der Waals surface area contributed by atoms with Crippen molar-refractivity contribution in [2.75, 3.05) is 18.1 Å². The number of hydrogen-bond acceptors (Lipinski definition) is 4. The minimum atomic E-state index is -5.25. The number of hydrogen-bond donors (Lipinski definition) is 1. The minimum absolute atomic E-state index is 0.223. The number of nitrogens with one attached hydrogen (secondary N) is 1. The van der Waals surface area contributed by atoms with Gasteiger partial charge in [0.05, 0.1) is 13.4 Å². The highest BCUT2D eigenvalue weighted by molar-refractivity contribution is 7.92. The zero-order valence-electron chi connectivity index (χ0n) is 8.95. The number of methoxy groups -OCH3 is 1. The maximum Gasteiger partial charge on any atom is 0.511 e. The van der Waals surface area contributed by atoms with Gasteiger partial charge in [-0.15, -0.1) is 0 Å². The second-order valence-corrected chi connectivity index (χ2v) is 5.02. The van der Waals surface area contributed by atoms with Gasteiger partial charge >= 0.3 is 6.98 Å². The van der Waals surface area contributed by atoms with E-state index in [0.717, 1.165) is 6.26 Å². The van der Waals surface area contributed by atoms with Crippen molar-refractivity contribution in [1.82, 2.24) is 4.98 Å². The molecule has 0 fully saturated rings. The Morgan fingerprint density at radius 1 is 1.41 bits per heavy atom. The first kappa shape index (κ1) is 13.6. The first-order valence-corrected chi connectivity index (χ1v) is 6.24. The van der Waals surface area contributed by atoms with Gasteiger partial charge in [0.25, 0.3) is 0 Å². The minimum Gasteiger partial charge on any atom is -0.480 e. The molecule has 1 rings (SSSR count). The van der Waals surface area contributed by atoms with Crippen LogP contribution in [0.4, 0.5) is 18.6 Å². The molecule has 0 aliphatic carbocycles. The lowest BCUT2D eigenvalue weighted by Gasteiger charge is -2.17. The van der Waals surface area contributed by atoms with Crippen LogP contribution < -0.4 is 14.9 Å². The van der Waals surface area contributed by atoms with Gasteiger partial charge in [0, 0.05) is 6.20 Å². The Balaban J connectivity index is 3.25. The molecule has 1 aromatic heterocycles. The normalized spacial score (nSPS) is 12.3. The number of nitrogens with zero attached hydrogens (tertiary/aromatic N) is 1. The van der Waals surface area contributed by atoms with Gasteiger partial charge in [0.1, 0.15) is 5.69 Å². The maximum absolute atomic E-state index is 12.4. The zero-order valence-corrected chi connectivity index (χ0v) is 9.76. The van der Waals surface area contributed by atoms with Crippen LogP contribution in [0, 0.1) is 0 Å². The Bertz CT molecular complexity index is 518. The van der Waals surface area contributed by atoms with E-state index in [1.807, 2.05) is 4.72 Å². The molecule has 0 spiro atoms. The molecule has 1 N–H and O–H groups in total. The number of anilines is 1. The van der Waals surface area contributed by atoms with E-state index in [1.54, 1.807) is 0 Å². The molecule has 0 saturated carbocycles. The van der Waals surface area contributed by atoms with E-state index in [-0.39, 0.29) is 11.6 Å². The van der Waals surface area contributed by atoms with E-state index in [2.05, 4.69) is 9.72 Å². The fraction of sp³-hybridized carbons (Fsp3) is 0.286. The highest BCUT2D eigenvalue weighted by Gasteiger charge is 2.27. The molecule has 0 atom stereocenters. The van der Waals surface area contributed by atoms with Crippen molar-refractivity contribution < 1.29 is 26.1 Å². The topological polar surface area (TPSA) is 68.3 Å². The Morgan fingerprint density at radius 3 is 2.41 bits per heavy atom. The quantitative estimate of drug-likeness (QED) is 0.809. The van der Waals surface area contributed by atoms with Crippen molar-refractivity contribution >= 4 is 28.2 Å². The number of rotatable bonds is 4. The van der Waals surface area contributed by atoms with Crippen LogP contribution in [0.15, 0.2) is 12.3 Å². The van der Waals surface area contributed by atoms with E-state index in [4.69, 9.17) is 0 Å². The highest BCUT2D eigenvalue weighted by atomic mass is 32.2. The molecular formula is C7H9BF3N2O3S-. The molecule has 0 aromatic carbocycles. The summed E-state index contributed by atoms with van der Waals surface area (Å²) in [5.74, 6) is -0.223. The van der Waals surface area contributed by atoms with Gasteiger partial charge in [-0.2, -0.15) is 0 Å². The summed E-state index contributed by atoms with van der Waals surface area (Å²) >= 11 is 0. The van der Waals surface area contributed by atoms with Crippen molar-refractivity contribution in [1.29, 1.82) is 0 Å². The Hall–Kier alpha value is -1.45. The van der Waals surface area contributed by atoms with E-state index < -0.39 is 22.5 Å². The number of halogens is 3. The van der Waals surface area contributed by atoms with Crippen LogP contribution in [0.5, 0.6) is 5.88 Å². The standard InChI is InChI=1S/C7H9BF3N2O3S/c1-16-7-6(13-17(2,14)15)3-5(4-12-7)8(9,10)11/h3-4,13H,1-2H3/q-1. The second kappa shape index (κ2) is 4.44. The van der Waals surface area contributed by atoms with Crippen molar-refractivity contribution in [3.8, 4) is 5.88 Å². The van der Waals surface area contributed by atoms with Gasteiger partial charge in [-0.05, 0) is 0 Å². The molecule has 1 aromatic rings. The molecule has 0 amide bonds. The lowest BCUT2D eigenvalue weighted by Crippen LogP contribution is -2.34. The Kier molecular flexibility index (Phi) is 3.55. The lowest BCUT2D eigenvalue weighted by atomic mass is 9.81. The molecule has 0 aliphatic rings. The van der Waals surface area contributed by atoms with Crippen LogP contribution in [0.3, 0.4) is 0 Å². The largest absolute Gasteiger partial charge is 0.511 e. The summed E-state index contributed by atoms with van der Waals surface area (Å²) in [4.78, 5) is 3.39.